The van der Waals surface area contributed by atoms with Gasteiger partial charge in [-0.25, -0.2) is 0 Å². The zero-order valence-corrected chi connectivity index (χ0v) is 7.04. The first kappa shape index (κ1) is 10.8. The van der Waals surface area contributed by atoms with E-state index < -0.39 is 37.0 Å². The van der Waals surface area contributed by atoms with E-state index in [9.17, 15) is 15.3 Å². The fourth-order valence-electron chi connectivity index (χ4n) is 1.51. The first-order valence-corrected chi connectivity index (χ1v) is 4.13. The largest absolute Gasteiger partial charge is 0.395 e. The molecule has 0 aliphatic carbocycles. The van der Waals surface area contributed by atoms with Crippen molar-refractivity contribution in [2.45, 2.75) is 30.4 Å². The van der Waals surface area contributed by atoms with Crippen molar-refractivity contribution in [2.75, 3.05) is 13.2 Å². The Balaban J connectivity index is 2.60. The van der Waals surface area contributed by atoms with Gasteiger partial charge in [0.25, 0.3) is 0 Å². The Kier molecular flexibility index (Phi) is 3.60. The first-order chi connectivity index (χ1) is 6.11. The zero-order chi connectivity index (χ0) is 10.0. The molecule has 1 rings (SSSR count). The van der Waals surface area contributed by atoms with Crippen LogP contribution in [0.4, 0.5) is 0 Å². The third kappa shape index (κ3) is 1.98. The van der Waals surface area contributed by atoms with Crippen molar-refractivity contribution < 1.29 is 25.5 Å². The number of nitrogens with one attached hydrogen (secondary N) is 1. The molecule has 0 radical (unpaired) electrons. The van der Waals surface area contributed by atoms with E-state index in [1.165, 1.54) is 0 Å². The van der Waals surface area contributed by atoms with Gasteiger partial charge in [-0.3, -0.25) is 0 Å². The summed E-state index contributed by atoms with van der Waals surface area (Å²) in [6.07, 6.45) is -3.42. The first-order valence-electron chi connectivity index (χ1n) is 4.13. The molecule has 0 aromatic carbocycles. The van der Waals surface area contributed by atoms with Crippen LogP contribution in [0.2, 0.25) is 0 Å². The lowest BCUT2D eigenvalue weighted by atomic mass is 10.0. The van der Waals surface area contributed by atoms with Crippen molar-refractivity contribution in [3.8, 4) is 0 Å². The molecule has 0 aromatic rings. The van der Waals surface area contributed by atoms with Gasteiger partial charge < -0.3 is 30.8 Å². The summed E-state index contributed by atoms with van der Waals surface area (Å²) in [5, 5.41) is 47.9. The molecule has 6 N–H and O–H groups in total. The molecule has 1 saturated heterocycles. The van der Waals surface area contributed by atoms with Crippen LogP contribution < -0.4 is 5.32 Å². The van der Waals surface area contributed by atoms with Crippen LogP contribution >= 0.6 is 0 Å². The maximum atomic E-state index is 9.37. The second kappa shape index (κ2) is 4.32. The molecular weight excluding hydrogens is 178 g/mol. The third-order valence-corrected chi connectivity index (χ3v) is 2.33. The molecule has 0 aromatic heterocycles. The molecule has 1 heterocycles. The third-order valence-electron chi connectivity index (χ3n) is 2.33. The van der Waals surface area contributed by atoms with Crippen molar-refractivity contribution in [3.05, 3.63) is 0 Å². The summed E-state index contributed by atoms with van der Waals surface area (Å²) >= 11 is 0. The van der Waals surface area contributed by atoms with Gasteiger partial charge in [0.2, 0.25) is 0 Å². The van der Waals surface area contributed by atoms with Crippen molar-refractivity contribution in [2.24, 2.45) is 0 Å². The Morgan fingerprint density at radius 3 is 2.15 bits per heavy atom. The van der Waals surface area contributed by atoms with Gasteiger partial charge in [0.05, 0.1) is 43.6 Å². The average Bonchev–Trinajstić information content (AvgIpc) is 2.43. The lowest BCUT2D eigenvalue weighted by Gasteiger charge is -2.19. The van der Waals surface area contributed by atoms with Gasteiger partial charge in [-0.1, -0.05) is 0 Å². The highest BCUT2D eigenvalue weighted by Gasteiger charge is 2.43. The normalized spacial score (nSPS) is 42.2. The van der Waals surface area contributed by atoms with E-state index in [-0.39, 0.29) is 6.61 Å². The molecule has 0 spiro atoms. The summed E-state index contributed by atoms with van der Waals surface area (Å²) in [6.45, 7) is -0.827. The Bertz CT molecular complexity index is 167. The number of rotatable bonds is 3. The number of aliphatic hydroxyl groups is 5. The predicted octanol–water partition coefficient (Wildman–Crippen LogP) is -3.61. The van der Waals surface area contributed by atoms with Crippen LogP contribution in [0.3, 0.4) is 0 Å². The molecule has 1 fully saturated rings. The Labute approximate surface area is 75.4 Å². The molecule has 0 unspecified atom stereocenters. The van der Waals surface area contributed by atoms with Crippen LogP contribution in [0, 0.1) is 0 Å². The van der Waals surface area contributed by atoms with Gasteiger partial charge in [-0.15, -0.1) is 0 Å². The lowest BCUT2D eigenvalue weighted by molar-refractivity contribution is -0.0150. The maximum Gasteiger partial charge on any atom is 0.0994 e. The summed E-state index contributed by atoms with van der Waals surface area (Å²) < 4.78 is 0. The van der Waals surface area contributed by atoms with Crippen LogP contribution in [0.25, 0.3) is 0 Å². The minimum absolute atomic E-state index is 0.327. The molecule has 1 aliphatic heterocycles. The number of hydrogen-bond acceptors (Lipinski definition) is 6. The molecule has 0 bridgehead atoms. The van der Waals surface area contributed by atoms with E-state index in [1.54, 1.807) is 0 Å². The fraction of sp³-hybridized carbons (Fsp3) is 1.00. The van der Waals surface area contributed by atoms with Crippen molar-refractivity contribution in [1.82, 2.24) is 5.32 Å². The summed E-state index contributed by atoms with van der Waals surface area (Å²) in [5.74, 6) is 0. The molecule has 78 valence electrons. The molecule has 6 heteroatoms. The fourth-order valence-corrected chi connectivity index (χ4v) is 1.51. The minimum atomic E-state index is -1.17. The van der Waals surface area contributed by atoms with Crippen molar-refractivity contribution >= 4 is 0 Å². The summed E-state index contributed by atoms with van der Waals surface area (Å²) in [7, 11) is 0. The molecule has 1 aliphatic rings. The van der Waals surface area contributed by atoms with Crippen LogP contribution in [-0.2, 0) is 0 Å². The second-order valence-electron chi connectivity index (χ2n) is 3.21. The van der Waals surface area contributed by atoms with Crippen molar-refractivity contribution in [1.29, 1.82) is 0 Å². The molecule has 5 atom stereocenters. The molecular formula is C7H15NO5. The monoisotopic (exact) mass is 193 g/mol. The average molecular weight is 193 g/mol. The van der Waals surface area contributed by atoms with Gasteiger partial charge in [0.15, 0.2) is 0 Å². The van der Waals surface area contributed by atoms with Crippen LogP contribution in [0.15, 0.2) is 0 Å². The second-order valence-corrected chi connectivity index (χ2v) is 3.21. The van der Waals surface area contributed by atoms with E-state index in [4.69, 9.17) is 10.2 Å². The summed E-state index contributed by atoms with van der Waals surface area (Å²) in [6, 6.07) is -1.45. The SMILES string of the molecule is OC[C@@H](O)[C@H]1N[C@H](CO)[C@H](O)[C@@H]1O. The molecule has 6 nitrogen and oxygen atoms in total. The summed E-state index contributed by atoms with van der Waals surface area (Å²) in [4.78, 5) is 0. The van der Waals surface area contributed by atoms with Gasteiger partial charge in [0, 0.05) is 0 Å². The summed E-state index contributed by atoms with van der Waals surface area (Å²) in [5.41, 5.74) is 0. The Morgan fingerprint density at radius 2 is 1.77 bits per heavy atom. The standard InChI is InChI=1S/C7H15NO5/c9-1-3-6(12)7(13)5(8-3)4(11)2-10/h3-13H,1-2H2/t3-,4-,5-,6+,7-/m1/s1. The molecule has 0 amide bonds. The number of aliphatic hydroxyl groups excluding tert-OH is 5. The highest BCUT2D eigenvalue weighted by atomic mass is 16.3. The van der Waals surface area contributed by atoms with E-state index in [0.717, 1.165) is 0 Å². The van der Waals surface area contributed by atoms with Gasteiger partial charge >= 0.3 is 0 Å². The Morgan fingerprint density at radius 1 is 1.15 bits per heavy atom. The van der Waals surface area contributed by atoms with Crippen LogP contribution in [-0.4, -0.2) is 69.1 Å². The van der Waals surface area contributed by atoms with Crippen molar-refractivity contribution in [3.63, 3.8) is 0 Å². The predicted molar refractivity (Wildman–Crippen MR) is 42.9 cm³/mol. The van der Waals surface area contributed by atoms with E-state index in [2.05, 4.69) is 5.32 Å². The van der Waals surface area contributed by atoms with Gasteiger partial charge in [-0.2, -0.15) is 0 Å². The van der Waals surface area contributed by atoms with E-state index in [0.29, 0.717) is 0 Å². The van der Waals surface area contributed by atoms with E-state index >= 15 is 0 Å². The molecule has 0 saturated carbocycles. The quantitative estimate of drug-likeness (QED) is 0.276. The minimum Gasteiger partial charge on any atom is -0.395 e. The number of hydrogen-bond donors (Lipinski definition) is 6. The molecule has 13 heavy (non-hydrogen) atoms. The lowest BCUT2D eigenvalue weighted by Crippen LogP contribution is -2.45. The van der Waals surface area contributed by atoms with E-state index in [1.807, 2.05) is 0 Å². The smallest absolute Gasteiger partial charge is 0.0994 e. The van der Waals surface area contributed by atoms with Gasteiger partial charge in [-0.05, 0) is 0 Å². The Hall–Kier alpha value is -0.240. The topological polar surface area (TPSA) is 113 Å². The van der Waals surface area contributed by atoms with Crippen LogP contribution in [0.1, 0.15) is 0 Å². The van der Waals surface area contributed by atoms with Crippen LogP contribution in [0.5, 0.6) is 0 Å². The highest BCUT2D eigenvalue weighted by Crippen LogP contribution is 2.16. The van der Waals surface area contributed by atoms with Gasteiger partial charge in [0.1, 0.15) is 0 Å². The maximum absolute atomic E-state index is 9.37. The zero-order valence-electron chi connectivity index (χ0n) is 7.04. The highest BCUT2D eigenvalue weighted by molar-refractivity contribution is 5.00.